The van der Waals surface area contributed by atoms with E-state index in [1.807, 2.05) is 35.2 Å². The van der Waals surface area contributed by atoms with E-state index in [1.54, 1.807) is 0 Å². The molecule has 1 saturated heterocycles. The fourth-order valence-electron chi connectivity index (χ4n) is 4.42. The molecule has 2 fully saturated rings. The number of amides is 1. The Morgan fingerprint density at radius 3 is 2.52 bits per heavy atom. The zero-order valence-corrected chi connectivity index (χ0v) is 15.2. The number of hydrogen-bond acceptors (Lipinski definition) is 4. The molecular weight excluding hydrogens is 340 g/mol. The first-order chi connectivity index (χ1) is 13.2. The SMILES string of the molecule is N[C@@H]1CN(C(=O)C2CC2c2ccc3c(c2)OCCO3)C[C@H]1c1ccccc1. The normalized spacial score (nSPS) is 28.9. The van der Waals surface area contributed by atoms with E-state index in [-0.39, 0.29) is 29.7 Å². The average molecular weight is 364 g/mol. The molecule has 2 heterocycles. The van der Waals surface area contributed by atoms with Crippen LogP contribution in [0.1, 0.15) is 29.4 Å². The van der Waals surface area contributed by atoms with Crippen molar-refractivity contribution in [2.75, 3.05) is 26.3 Å². The number of benzene rings is 2. The molecular formula is C22H24N2O3. The lowest BCUT2D eigenvalue weighted by Crippen LogP contribution is -2.33. The van der Waals surface area contributed by atoms with Gasteiger partial charge in [0.2, 0.25) is 5.91 Å². The summed E-state index contributed by atoms with van der Waals surface area (Å²) in [6.45, 7) is 2.53. The summed E-state index contributed by atoms with van der Waals surface area (Å²) in [5.41, 5.74) is 8.75. The maximum Gasteiger partial charge on any atom is 0.226 e. The van der Waals surface area contributed by atoms with Gasteiger partial charge in [-0.05, 0) is 35.6 Å². The quantitative estimate of drug-likeness (QED) is 0.909. The summed E-state index contributed by atoms with van der Waals surface area (Å²) in [6, 6.07) is 16.3. The topological polar surface area (TPSA) is 64.8 Å². The van der Waals surface area contributed by atoms with Crippen LogP contribution in [0.3, 0.4) is 0 Å². The molecule has 2 unspecified atom stereocenters. The molecule has 0 bridgehead atoms. The molecule has 5 rings (SSSR count). The van der Waals surface area contributed by atoms with E-state index in [0.717, 1.165) is 17.9 Å². The predicted octanol–water partition coefficient (Wildman–Crippen LogP) is 2.51. The molecule has 1 saturated carbocycles. The first-order valence-electron chi connectivity index (χ1n) is 9.69. The minimum atomic E-state index is 0.00263. The van der Waals surface area contributed by atoms with Crippen LogP contribution >= 0.6 is 0 Å². The van der Waals surface area contributed by atoms with Gasteiger partial charge in [0, 0.05) is 31.0 Å². The van der Waals surface area contributed by atoms with E-state index in [9.17, 15) is 4.79 Å². The molecule has 5 nitrogen and oxygen atoms in total. The number of ether oxygens (including phenoxy) is 2. The second-order valence-electron chi connectivity index (χ2n) is 7.78. The third-order valence-corrected chi connectivity index (χ3v) is 6.01. The van der Waals surface area contributed by atoms with Gasteiger partial charge < -0.3 is 20.1 Å². The lowest BCUT2D eigenvalue weighted by molar-refractivity contribution is -0.131. The Balaban J connectivity index is 1.26. The Morgan fingerprint density at radius 1 is 0.926 bits per heavy atom. The van der Waals surface area contributed by atoms with E-state index in [0.29, 0.717) is 26.3 Å². The van der Waals surface area contributed by atoms with Crippen molar-refractivity contribution in [3.8, 4) is 11.5 Å². The van der Waals surface area contributed by atoms with Crippen molar-refractivity contribution < 1.29 is 14.3 Å². The van der Waals surface area contributed by atoms with Crippen molar-refractivity contribution in [2.24, 2.45) is 11.7 Å². The lowest BCUT2D eigenvalue weighted by atomic mass is 9.95. The molecule has 1 amide bonds. The van der Waals surface area contributed by atoms with Gasteiger partial charge in [-0.2, -0.15) is 0 Å². The molecule has 2 aromatic carbocycles. The Morgan fingerprint density at radius 2 is 1.70 bits per heavy atom. The second-order valence-corrected chi connectivity index (χ2v) is 7.78. The first kappa shape index (κ1) is 16.6. The van der Waals surface area contributed by atoms with Gasteiger partial charge in [0.05, 0.1) is 0 Å². The van der Waals surface area contributed by atoms with Crippen LogP contribution in [0.25, 0.3) is 0 Å². The van der Waals surface area contributed by atoms with Gasteiger partial charge in [0.1, 0.15) is 13.2 Å². The van der Waals surface area contributed by atoms with Gasteiger partial charge in [-0.15, -0.1) is 0 Å². The summed E-state index contributed by atoms with van der Waals surface area (Å²) < 4.78 is 11.3. The van der Waals surface area contributed by atoms with Crippen molar-refractivity contribution in [3.63, 3.8) is 0 Å². The van der Waals surface area contributed by atoms with Crippen molar-refractivity contribution in [3.05, 3.63) is 59.7 Å². The molecule has 2 N–H and O–H groups in total. The van der Waals surface area contributed by atoms with Gasteiger partial charge in [-0.1, -0.05) is 36.4 Å². The Labute approximate surface area is 159 Å². The first-order valence-corrected chi connectivity index (χ1v) is 9.69. The number of fused-ring (bicyclic) bond motifs is 1. The molecule has 140 valence electrons. The Hall–Kier alpha value is -2.53. The van der Waals surface area contributed by atoms with E-state index >= 15 is 0 Å². The highest BCUT2D eigenvalue weighted by atomic mass is 16.6. The highest BCUT2D eigenvalue weighted by Crippen LogP contribution is 2.50. The maximum atomic E-state index is 13.0. The highest BCUT2D eigenvalue weighted by Gasteiger charge is 2.48. The summed E-state index contributed by atoms with van der Waals surface area (Å²) >= 11 is 0. The molecule has 27 heavy (non-hydrogen) atoms. The molecule has 2 aromatic rings. The number of nitrogens with zero attached hydrogens (tertiary/aromatic N) is 1. The molecule has 4 atom stereocenters. The minimum Gasteiger partial charge on any atom is -0.486 e. The van der Waals surface area contributed by atoms with Gasteiger partial charge >= 0.3 is 0 Å². The van der Waals surface area contributed by atoms with Crippen LogP contribution in [0, 0.1) is 5.92 Å². The van der Waals surface area contributed by atoms with Crippen LogP contribution in [0.2, 0.25) is 0 Å². The zero-order chi connectivity index (χ0) is 18.4. The number of hydrogen-bond donors (Lipinski definition) is 1. The van der Waals surface area contributed by atoms with Crippen LogP contribution in [0.4, 0.5) is 0 Å². The third-order valence-electron chi connectivity index (χ3n) is 6.01. The lowest BCUT2D eigenvalue weighted by Gasteiger charge is -2.19. The number of likely N-dealkylation sites (tertiary alicyclic amines) is 1. The highest BCUT2D eigenvalue weighted by molar-refractivity contribution is 5.83. The van der Waals surface area contributed by atoms with Crippen LogP contribution in [-0.4, -0.2) is 43.2 Å². The molecule has 1 aliphatic carbocycles. The maximum absolute atomic E-state index is 13.0. The van der Waals surface area contributed by atoms with Gasteiger partial charge in [-0.25, -0.2) is 0 Å². The van der Waals surface area contributed by atoms with Gasteiger partial charge in [-0.3, -0.25) is 4.79 Å². The summed E-state index contributed by atoms with van der Waals surface area (Å²) in [5.74, 6) is 2.40. The van der Waals surface area contributed by atoms with E-state index < -0.39 is 0 Å². The molecule has 3 aliphatic rings. The van der Waals surface area contributed by atoms with Crippen molar-refractivity contribution in [1.82, 2.24) is 4.90 Å². The summed E-state index contributed by atoms with van der Waals surface area (Å²) in [4.78, 5) is 15.0. The average Bonchev–Trinajstić information content (AvgIpc) is 3.42. The van der Waals surface area contributed by atoms with E-state index in [1.165, 1.54) is 11.1 Å². The summed E-state index contributed by atoms with van der Waals surface area (Å²) in [7, 11) is 0. The van der Waals surface area contributed by atoms with Gasteiger partial charge in [0.25, 0.3) is 0 Å². The molecule has 0 spiro atoms. The van der Waals surface area contributed by atoms with Crippen molar-refractivity contribution in [1.29, 1.82) is 0 Å². The molecule has 0 radical (unpaired) electrons. The fraction of sp³-hybridized carbons (Fsp3) is 0.409. The van der Waals surface area contributed by atoms with Crippen LogP contribution in [0.15, 0.2) is 48.5 Å². The molecule has 0 aromatic heterocycles. The largest absolute Gasteiger partial charge is 0.486 e. The van der Waals surface area contributed by atoms with Gasteiger partial charge in [0.15, 0.2) is 11.5 Å². The Bertz CT molecular complexity index is 854. The number of carbonyl (C=O) groups excluding carboxylic acids is 1. The Kier molecular flexibility index (Phi) is 4.05. The predicted molar refractivity (Wildman–Crippen MR) is 102 cm³/mol. The standard InChI is InChI=1S/C22H24N2O3/c23-19-13-24(12-18(19)14-4-2-1-3-5-14)22(25)17-11-16(17)15-6-7-20-21(10-15)27-9-8-26-20/h1-7,10,16-19H,8-9,11-13,23H2/t16?,17?,18-,19+/m0/s1. The molecule has 5 heteroatoms. The van der Waals surface area contributed by atoms with Crippen LogP contribution in [0.5, 0.6) is 11.5 Å². The van der Waals surface area contributed by atoms with Crippen LogP contribution < -0.4 is 15.2 Å². The van der Waals surface area contributed by atoms with E-state index in [2.05, 4.69) is 18.2 Å². The number of rotatable bonds is 3. The molecule has 2 aliphatic heterocycles. The third kappa shape index (κ3) is 3.06. The minimum absolute atomic E-state index is 0.00263. The van der Waals surface area contributed by atoms with Crippen LogP contribution in [-0.2, 0) is 4.79 Å². The fourth-order valence-corrected chi connectivity index (χ4v) is 4.42. The number of nitrogens with two attached hydrogens (primary N) is 1. The monoisotopic (exact) mass is 364 g/mol. The van der Waals surface area contributed by atoms with Crippen molar-refractivity contribution in [2.45, 2.75) is 24.3 Å². The van der Waals surface area contributed by atoms with E-state index in [4.69, 9.17) is 15.2 Å². The number of carbonyl (C=O) groups is 1. The summed E-state index contributed by atoms with van der Waals surface area (Å²) in [5, 5.41) is 0. The summed E-state index contributed by atoms with van der Waals surface area (Å²) in [6.07, 6.45) is 0.903. The zero-order valence-electron chi connectivity index (χ0n) is 15.2. The van der Waals surface area contributed by atoms with Crippen molar-refractivity contribution >= 4 is 5.91 Å². The second kappa shape index (κ2) is 6.57. The smallest absolute Gasteiger partial charge is 0.226 e.